The monoisotopic (exact) mass is 221 g/mol. The molecule has 0 spiro atoms. The molecule has 15 heavy (non-hydrogen) atoms. The lowest BCUT2D eigenvalue weighted by atomic mass is 10.3. The molecule has 1 heterocycles. The fourth-order valence-electron chi connectivity index (χ4n) is 0.912. The number of carbonyl (C=O) groups is 1. The maximum Gasteiger partial charge on any atom is 0.432 e. The van der Waals surface area contributed by atoms with Crippen molar-refractivity contribution in [2.45, 2.75) is 19.5 Å². The first-order valence-corrected chi connectivity index (χ1v) is 4.36. The molecule has 0 fully saturated rings. The van der Waals surface area contributed by atoms with Crippen molar-refractivity contribution in [3.63, 3.8) is 0 Å². The summed E-state index contributed by atoms with van der Waals surface area (Å²) in [7, 11) is 0. The predicted octanol–water partition coefficient (Wildman–Crippen LogP) is 1.57. The number of halogens is 3. The number of alkyl halides is 3. The molecule has 0 aliphatic rings. The Kier molecular flexibility index (Phi) is 3.33. The average molecular weight is 221 g/mol. The van der Waals surface area contributed by atoms with Gasteiger partial charge in [0, 0.05) is 12.6 Å². The van der Waals surface area contributed by atoms with Crippen LogP contribution in [0.15, 0.2) is 6.07 Å². The number of aromatic amines is 1. The van der Waals surface area contributed by atoms with Gasteiger partial charge < -0.3 is 5.32 Å². The summed E-state index contributed by atoms with van der Waals surface area (Å²) >= 11 is 0. The smallest absolute Gasteiger partial charge is 0.351 e. The fraction of sp³-hybridized carbons (Fsp3) is 0.500. The van der Waals surface area contributed by atoms with Crippen molar-refractivity contribution < 1.29 is 18.0 Å². The van der Waals surface area contributed by atoms with Gasteiger partial charge in [-0.3, -0.25) is 9.89 Å². The Hall–Kier alpha value is -1.53. The van der Waals surface area contributed by atoms with Gasteiger partial charge in [-0.05, 0) is 6.42 Å². The highest BCUT2D eigenvalue weighted by Gasteiger charge is 2.33. The van der Waals surface area contributed by atoms with Crippen LogP contribution >= 0.6 is 0 Å². The maximum absolute atomic E-state index is 12.1. The number of H-pyrrole nitrogens is 1. The lowest BCUT2D eigenvalue weighted by Crippen LogP contribution is -2.24. The minimum Gasteiger partial charge on any atom is -0.351 e. The van der Waals surface area contributed by atoms with Crippen molar-refractivity contribution in [1.82, 2.24) is 15.5 Å². The summed E-state index contributed by atoms with van der Waals surface area (Å²) in [5.74, 6) is -0.608. The predicted molar refractivity (Wildman–Crippen MR) is 46.2 cm³/mol. The first kappa shape index (κ1) is 11.5. The van der Waals surface area contributed by atoms with Crippen LogP contribution in [0.2, 0.25) is 0 Å². The SMILES string of the molecule is CCCNC(=O)c1cc(C(F)(F)F)[nH]n1. The molecule has 7 heteroatoms. The van der Waals surface area contributed by atoms with Crippen LogP contribution < -0.4 is 5.32 Å². The second-order valence-corrected chi connectivity index (χ2v) is 2.92. The molecule has 4 nitrogen and oxygen atoms in total. The van der Waals surface area contributed by atoms with E-state index in [1.165, 1.54) is 0 Å². The number of nitrogens with zero attached hydrogens (tertiary/aromatic N) is 1. The van der Waals surface area contributed by atoms with Crippen LogP contribution in [0, 0.1) is 0 Å². The number of rotatable bonds is 3. The third kappa shape index (κ3) is 2.97. The van der Waals surface area contributed by atoms with E-state index in [-0.39, 0.29) is 5.69 Å². The number of aromatic nitrogens is 2. The molecule has 0 unspecified atom stereocenters. The van der Waals surface area contributed by atoms with E-state index in [2.05, 4.69) is 10.4 Å². The number of carbonyl (C=O) groups excluding carboxylic acids is 1. The van der Waals surface area contributed by atoms with Crippen LogP contribution in [0.1, 0.15) is 29.5 Å². The normalized spacial score (nSPS) is 11.5. The van der Waals surface area contributed by atoms with Gasteiger partial charge in [0.05, 0.1) is 0 Å². The molecule has 0 aromatic carbocycles. The summed E-state index contributed by atoms with van der Waals surface area (Å²) in [6, 6.07) is 0.686. The zero-order valence-electron chi connectivity index (χ0n) is 7.98. The minimum atomic E-state index is -4.50. The first-order chi connectivity index (χ1) is 6.95. The second-order valence-electron chi connectivity index (χ2n) is 2.92. The largest absolute Gasteiger partial charge is 0.432 e. The molecule has 0 bridgehead atoms. The van der Waals surface area contributed by atoms with Crippen molar-refractivity contribution in [1.29, 1.82) is 0 Å². The Morgan fingerprint density at radius 1 is 1.60 bits per heavy atom. The van der Waals surface area contributed by atoms with Gasteiger partial charge in [-0.15, -0.1) is 0 Å². The van der Waals surface area contributed by atoms with Gasteiger partial charge >= 0.3 is 6.18 Å². The van der Waals surface area contributed by atoms with Crippen molar-refractivity contribution in [3.8, 4) is 0 Å². The number of nitrogens with one attached hydrogen (secondary N) is 2. The number of hydrogen-bond donors (Lipinski definition) is 2. The van der Waals surface area contributed by atoms with E-state index < -0.39 is 17.8 Å². The molecule has 84 valence electrons. The van der Waals surface area contributed by atoms with Crippen molar-refractivity contribution in [2.24, 2.45) is 0 Å². The standard InChI is InChI=1S/C8H10F3N3O/c1-2-3-12-7(15)5-4-6(14-13-5)8(9,10)11/h4H,2-3H2,1H3,(H,12,15)(H,13,14). The third-order valence-electron chi connectivity index (χ3n) is 1.65. The summed E-state index contributed by atoms with van der Waals surface area (Å²) < 4.78 is 36.3. The van der Waals surface area contributed by atoms with Crippen LogP contribution in [0.4, 0.5) is 13.2 Å². The molecule has 0 aliphatic heterocycles. The summed E-state index contributed by atoms with van der Waals surface area (Å²) in [6.45, 7) is 2.25. The molecule has 0 aliphatic carbocycles. The fourth-order valence-corrected chi connectivity index (χ4v) is 0.912. The lowest BCUT2D eigenvalue weighted by Gasteiger charge is -2.00. The molecule has 1 amide bonds. The average Bonchev–Trinajstić information content (AvgIpc) is 2.62. The highest BCUT2D eigenvalue weighted by atomic mass is 19.4. The molecular weight excluding hydrogens is 211 g/mol. The highest BCUT2D eigenvalue weighted by Crippen LogP contribution is 2.27. The lowest BCUT2D eigenvalue weighted by molar-refractivity contribution is -0.141. The Morgan fingerprint density at radius 2 is 2.27 bits per heavy atom. The summed E-state index contributed by atoms with van der Waals surface area (Å²) in [6.07, 6.45) is -3.79. The molecule has 0 radical (unpaired) electrons. The summed E-state index contributed by atoms with van der Waals surface area (Å²) in [5, 5.41) is 7.47. The van der Waals surface area contributed by atoms with Crippen LogP contribution in [-0.4, -0.2) is 22.6 Å². The Morgan fingerprint density at radius 3 is 2.73 bits per heavy atom. The van der Waals surface area contributed by atoms with Gasteiger partial charge in [-0.2, -0.15) is 18.3 Å². The molecule has 0 saturated heterocycles. The van der Waals surface area contributed by atoms with Gasteiger partial charge in [0.1, 0.15) is 5.69 Å². The molecule has 0 atom stereocenters. The van der Waals surface area contributed by atoms with E-state index in [1.807, 2.05) is 6.92 Å². The summed E-state index contributed by atoms with van der Waals surface area (Å²) in [4.78, 5) is 11.2. The Bertz CT molecular complexity index is 345. The molecule has 1 rings (SSSR count). The van der Waals surface area contributed by atoms with Crippen LogP contribution in [0.25, 0.3) is 0 Å². The van der Waals surface area contributed by atoms with E-state index in [9.17, 15) is 18.0 Å². The molecule has 1 aromatic rings. The summed E-state index contributed by atoms with van der Waals surface area (Å²) in [5.41, 5.74) is -1.28. The number of amides is 1. The Balaban J connectivity index is 2.72. The number of hydrogen-bond acceptors (Lipinski definition) is 2. The Labute approximate surface area is 83.9 Å². The molecule has 0 saturated carbocycles. The zero-order valence-corrected chi connectivity index (χ0v) is 7.98. The van der Waals surface area contributed by atoms with Crippen molar-refractivity contribution in [3.05, 3.63) is 17.5 Å². The minimum absolute atomic E-state index is 0.254. The maximum atomic E-state index is 12.1. The third-order valence-corrected chi connectivity index (χ3v) is 1.65. The topological polar surface area (TPSA) is 57.8 Å². The quantitative estimate of drug-likeness (QED) is 0.813. The van der Waals surface area contributed by atoms with Crippen molar-refractivity contribution >= 4 is 5.91 Å². The molecule has 1 aromatic heterocycles. The second kappa shape index (κ2) is 4.33. The van der Waals surface area contributed by atoms with E-state index in [1.54, 1.807) is 5.10 Å². The molecule has 2 N–H and O–H groups in total. The van der Waals surface area contributed by atoms with Crippen LogP contribution in [0.5, 0.6) is 0 Å². The van der Waals surface area contributed by atoms with E-state index >= 15 is 0 Å². The van der Waals surface area contributed by atoms with Gasteiger partial charge in [0.2, 0.25) is 0 Å². The van der Waals surface area contributed by atoms with Gasteiger partial charge in [-0.25, -0.2) is 0 Å². The van der Waals surface area contributed by atoms with Gasteiger partial charge in [0.15, 0.2) is 5.69 Å². The van der Waals surface area contributed by atoms with E-state index in [0.717, 1.165) is 0 Å². The zero-order chi connectivity index (χ0) is 11.5. The van der Waals surface area contributed by atoms with Gasteiger partial charge in [0.25, 0.3) is 5.91 Å². The highest BCUT2D eigenvalue weighted by molar-refractivity contribution is 5.92. The van der Waals surface area contributed by atoms with Gasteiger partial charge in [-0.1, -0.05) is 6.92 Å². The van der Waals surface area contributed by atoms with Crippen LogP contribution in [-0.2, 0) is 6.18 Å². The van der Waals surface area contributed by atoms with E-state index in [4.69, 9.17) is 0 Å². The van der Waals surface area contributed by atoms with Crippen LogP contribution in [0.3, 0.4) is 0 Å². The first-order valence-electron chi connectivity index (χ1n) is 4.36. The van der Waals surface area contributed by atoms with E-state index in [0.29, 0.717) is 19.0 Å². The van der Waals surface area contributed by atoms with Crippen molar-refractivity contribution in [2.75, 3.05) is 6.54 Å². The molecular formula is C8H10F3N3O.